The van der Waals surface area contributed by atoms with Gasteiger partial charge in [-0.2, -0.15) is 0 Å². The molecule has 0 aliphatic carbocycles. The van der Waals surface area contributed by atoms with Gasteiger partial charge in [-0.05, 0) is 49.4 Å². The van der Waals surface area contributed by atoms with Crippen molar-refractivity contribution in [2.75, 3.05) is 37.7 Å². The first-order valence-corrected chi connectivity index (χ1v) is 10.9. The van der Waals surface area contributed by atoms with E-state index in [-0.39, 0.29) is 5.91 Å². The van der Waals surface area contributed by atoms with Crippen molar-refractivity contribution in [3.05, 3.63) is 72.4 Å². The Labute approximate surface area is 186 Å². The lowest BCUT2D eigenvalue weighted by molar-refractivity contribution is 0.0748. The highest BCUT2D eigenvalue weighted by Crippen LogP contribution is 2.23. The highest BCUT2D eigenvalue weighted by Gasteiger charge is 2.24. The van der Waals surface area contributed by atoms with E-state index in [1.165, 1.54) is 0 Å². The Hall–Kier alpha value is -3.87. The van der Waals surface area contributed by atoms with Crippen LogP contribution in [0.25, 0.3) is 22.2 Å². The van der Waals surface area contributed by atoms with Crippen molar-refractivity contribution in [3.63, 3.8) is 0 Å². The van der Waals surface area contributed by atoms with Gasteiger partial charge in [0.1, 0.15) is 5.75 Å². The van der Waals surface area contributed by atoms with Crippen molar-refractivity contribution in [1.82, 2.24) is 20.1 Å². The second kappa shape index (κ2) is 8.70. The lowest BCUT2D eigenvalue weighted by atomic mass is 10.1. The van der Waals surface area contributed by atoms with E-state index in [0.29, 0.717) is 19.7 Å². The number of para-hydroxylation sites is 1. The van der Waals surface area contributed by atoms with Gasteiger partial charge in [0.15, 0.2) is 5.82 Å². The van der Waals surface area contributed by atoms with Gasteiger partial charge in [0.25, 0.3) is 5.91 Å². The quantitative estimate of drug-likeness (QED) is 0.521. The molecule has 32 heavy (non-hydrogen) atoms. The first kappa shape index (κ1) is 20.1. The molecular weight excluding hydrogens is 402 g/mol. The standard InChI is InChI=1S/C25H25N5O2/c1-2-32-19-9-7-18(8-10-19)22-11-12-24(28-27-22)29-13-15-30(16-14-29)25(31)21-17-26-23-6-4-3-5-20(21)23/h3-12,17,26H,2,13-16H2,1H3. The minimum atomic E-state index is 0.0685. The van der Waals surface area contributed by atoms with Crippen LogP contribution in [-0.2, 0) is 0 Å². The van der Waals surface area contributed by atoms with Crippen molar-refractivity contribution in [1.29, 1.82) is 0 Å². The van der Waals surface area contributed by atoms with Crippen molar-refractivity contribution in [3.8, 4) is 17.0 Å². The number of aromatic nitrogens is 3. The molecule has 1 fully saturated rings. The van der Waals surface area contributed by atoms with Crippen molar-refractivity contribution in [2.24, 2.45) is 0 Å². The second-order valence-electron chi connectivity index (χ2n) is 7.76. The fraction of sp³-hybridized carbons (Fsp3) is 0.240. The number of aromatic amines is 1. The zero-order valence-electron chi connectivity index (χ0n) is 18.0. The van der Waals surface area contributed by atoms with Crippen LogP contribution >= 0.6 is 0 Å². The molecule has 2 aromatic carbocycles. The lowest BCUT2D eigenvalue weighted by Gasteiger charge is -2.35. The zero-order chi connectivity index (χ0) is 21.9. The Balaban J connectivity index is 1.23. The number of rotatable bonds is 5. The van der Waals surface area contributed by atoms with E-state index in [2.05, 4.69) is 20.1 Å². The highest BCUT2D eigenvalue weighted by atomic mass is 16.5. The zero-order valence-corrected chi connectivity index (χ0v) is 18.0. The highest BCUT2D eigenvalue weighted by molar-refractivity contribution is 6.06. The largest absolute Gasteiger partial charge is 0.494 e. The van der Waals surface area contributed by atoms with Crippen molar-refractivity contribution in [2.45, 2.75) is 6.92 Å². The minimum Gasteiger partial charge on any atom is -0.494 e. The number of fused-ring (bicyclic) bond motifs is 1. The average Bonchev–Trinajstić information content (AvgIpc) is 3.29. The molecule has 7 heteroatoms. The maximum Gasteiger partial charge on any atom is 0.256 e. The van der Waals surface area contributed by atoms with Crippen LogP contribution in [0, 0.1) is 0 Å². The molecule has 1 aliphatic heterocycles. The Kier molecular flexibility index (Phi) is 5.46. The number of nitrogens with one attached hydrogen (secondary N) is 1. The summed E-state index contributed by atoms with van der Waals surface area (Å²) in [6, 6.07) is 19.7. The molecule has 0 unspecified atom stereocenters. The predicted molar refractivity (Wildman–Crippen MR) is 125 cm³/mol. The molecule has 3 heterocycles. The molecule has 0 saturated carbocycles. The van der Waals surface area contributed by atoms with Crippen LogP contribution in [0.2, 0.25) is 0 Å². The van der Waals surface area contributed by atoms with E-state index in [1.54, 1.807) is 0 Å². The number of H-pyrrole nitrogens is 1. The Morgan fingerprint density at radius 3 is 2.47 bits per heavy atom. The van der Waals surface area contributed by atoms with Gasteiger partial charge in [-0.1, -0.05) is 18.2 Å². The van der Waals surface area contributed by atoms with Crippen LogP contribution in [0.4, 0.5) is 5.82 Å². The number of anilines is 1. The summed E-state index contributed by atoms with van der Waals surface area (Å²) in [4.78, 5) is 20.3. The molecule has 0 spiro atoms. The smallest absolute Gasteiger partial charge is 0.256 e. The van der Waals surface area contributed by atoms with Crippen LogP contribution in [0.15, 0.2) is 66.9 Å². The Bertz CT molecular complexity index is 1210. The maximum atomic E-state index is 13.0. The molecule has 162 valence electrons. The fourth-order valence-electron chi connectivity index (χ4n) is 4.09. The Morgan fingerprint density at radius 1 is 0.969 bits per heavy atom. The third kappa shape index (κ3) is 3.89. The summed E-state index contributed by atoms with van der Waals surface area (Å²) in [6.07, 6.45) is 1.81. The summed E-state index contributed by atoms with van der Waals surface area (Å²) in [7, 11) is 0. The van der Waals surface area contributed by atoms with E-state index >= 15 is 0 Å². The summed E-state index contributed by atoms with van der Waals surface area (Å²) in [6.45, 7) is 5.38. The van der Waals surface area contributed by atoms with E-state index in [1.807, 2.05) is 78.7 Å². The summed E-state index contributed by atoms with van der Waals surface area (Å²) >= 11 is 0. The third-order valence-corrected chi connectivity index (χ3v) is 5.82. The molecule has 0 bridgehead atoms. The molecule has 1 aliphatic rings. The number of amides is 1. The van der Waals surface area contributed by atoms with Crippen LogP contribution in [0.1, 0.15) is 17.3 Å². The predicted octanol–water partition coefficient (Wildman–Crippen LogP) is 3.99. The van der Waals surface area contributed by atoms with Crippen LogP contribution in [0.5, 0.6) is 5.75 Å². The molecule has 7 nitrogen and oxygen atoms in total. The summed E-state index contributed by atoms with van der Waals surface area (Å²) in [5.41, 5.74) is 3.54. The number of carbonyl (C=O) groups excluding carboxylic acids is 1. The maximum absolute atomic E-state index is 13.0. The molecule has 5 rings (SSSR count). The van der Waals surface area contributed by atoms with Crippen LogP contribution in [-0.4, -0.2) is 58.8 Å². The van der Waals surface area contributed by atoms with Crippen molar-refractivity contribution >= 4 is 22.6 Å². The molecule has 1 N–H and O–H groups in total. The van der Waals surface area contributed by atoms with Gasteiger partial charge in [0.05, 0.1) is 17.9 Å². The fourth-order valence-corrected chi connectivity index (χ4v) is 4.09. The van der Waals surface area contributed by atoms with Crippen LogP contribution < -0.4 is 9.64 Å². The van der Waals surface area contributed by atoms with Gasteiger partial charge in [-0.25, -0.2) is 0 Å². The number of ether oxygens (including phenoxy) is 1. The van der Waals surface area contributed by atoms with Gasteiger partial charge in [-0.3, -0.25) is 4.79 Å². The molecule has 1 amide bonds. The number of piperazine rings is 1. The number of nitrogens with zero attached hydrogens (tertiary/aromatic N) is 4. The van der Waals surface area contributed by atoms with E-state index in [4.69, 9.17) is 4.74 Å². The average molecular weight is 428 g/mol. The van der Waals surface area contributed by atoms with Gasteiger partial charge in [0, 0.05) is 48.8 Å². The monoisotopic (exact) mass is 427 g/mol. The van der Waals surface area contributed by atoms with Gasteiger partial charge in [-0.15, -0.1) is 10.2 Å². The van der Waals surface area contributed by atoms with Gasteiger partial charge in [0.2, 0.25) is 0 Å². The molecule has 0 atom stereocenters. The first-order chi connectivity index (χ1) is 15.7. The van der Waals surface area contributed by atoms with Gasteiger partial charge < -0.3 is 19.5 Å². The second-order valence-corrected chi connectivity index (χ2v) is 7.76. The van der Waals surface area contributed by atoms with E-state index in [9.17, 15) is 4.79 Å². The molecule has 0 radical (unpaired) electrons. The summed E-state index contributed by atoms with van der Waals surface area (Å²) in [5, 5.41) is 9.81. The molecule has 4 aromatic rings. The molecule has 1 saturated heterocycles. The summed E-state index contributed by atoms with van der Waals surface area (Å²) in [5.74, 6) is 1.75. The normalized spacial score (nSPS) is 14.0. The Morgan fingerprint density at radius 2 is 1.75 bits per heavy atom. The van der Waals surface area contributed by atoms with Gasteiger partial charge >= 0.3 is 0 Å². The number of hydrogen-bond donors (Lipinski definition) is 1. The molecular formula is C25H25N5O2. The topological polar surface area (TPSA) is 74.3 Å². The number of benzene rings is 2. The lowest BCUT2D eigenvalue weighted by Crippen LogP contribution is -2.49. The number of carbonyl (C=O) groups is 1. The first-order valence-electron chi connectivity index (χ1n) is 10.9. The van der Waals surface area contributed by atoms with E-state index < -0.39 is 0 Å². The minimum absolute atomic E-state index is 0.0685. The van der Waals surface area contributed by atoms with Crippen LogP contribution in [0.3, 0.4) is 0 Å². The summed E-state index contributed by atoms with van der Waals surface area (Å²) < 4.78 is 5.49. The third-order valence-electron chi connectivity index (χ3n) is 5.82. The molecule has 2 aromatic heterocycles. The van der Waals surface area contributed by atoms with E-state index in [0.717, 1.165) is 52.4 Å². The SMILES string of the molecule is CCOc1ccc(-c2ccc(N3CCN(C(=O)c4c[nH]c5ccccc45)CC3)nn2)cc1. The van der Waals surface area contributed by atoms with Crippen molar-refractivity contribution < 1.29 is 9.53 Å². The number of hydrogen-bond acceptors (Lipinski definition) is 5.